The molecular formula is C16H19NO4. The van der Waals surface area contributed by atoms with Gasteiger partial charge in [-0.1, -0.05) is 31.0 Å². The molecule has 1 atom stereocenters. The molecule has 5 nitrogen and oxygen atoms in total. The van der Waals surface area contributed by atoms with Crippen molar-refractivity contribution in [1.29, 1.82) is 0 Å². The largest absolute Gasteiger partial charge is 0.491 e. The Bertz CT molecular complexity index is 563. The summed E-state index contributed by atoms with van der Waals surface area (Å²) < 4.78 is 5.52. The molecule has 1 aromatic rings. The SMILES string of the molecule is O=C(CC1(C(=O)O)CCCC1)NC1COc2ccccc21. The van der Waals surface area contributed by atoms with Crippen LogP contribution in [0.15, 0.2) is 24.3 Å². The molecule has 0 saturated heterocycles. The van der Waals surface area contributed by atoms with E-state index < -0.39 is 11.4 Å². The highest BCUT2D eigenvalue weighted by atomic mass is 16.5. The number of amides is 1. The third-order valence-corrected chi connectivity index (χ3v) is 4.55. The third-order valence-electron chi connectivity index (χ3n) is 4.55. The number of para-hydroxylation sites is 1. The second-order valence-electron chi connectivity index (χ2n) is 5.94. The summed E-state index contributed by atoms with van der Waals surface area (Å²) in [6, 6.07) is 7.41. The van der Waals surface area contributed by atoms with Crippen LogP contribution >= 0.6 is 0 Å². The van der Waals surface area contributed by atoms with E-state index in [1.165, 1.54) is 0 Å². The van der Waals surface area contributed by atoms with Crippen LogP contribution in [-0.2, 0) is 9.59 Å². The van der Waals surface area contributed by atoms with Crippen molar-refractivity contribution in [2.24, 2.45) is 5.41 Å². The summed E-state index contributed by atoms with van der Waals surface area (Å²) in [5.41, 5.74) is 0.0879. The van der Waals surface area contributed by atoms with Crippen LogP contribution in [0.1, 0.15) is 43.7 Å². The molecule has 1 heterocycles. The molecule has 0 aromatic heterocycles. The highest BCUT2D eigenvalue weighted by Gasteiger charge is 2.43. The fourth-order valence-corrected chi connectivity index (χ4v) is 3.35. The van der Waals surface area contributed by atoms with E-state index in [0.29, 0.717) is 19.4 Å². The first-order valence-electron chi connectivity index (χ1n) is 7.35. The predicted octanol–water partition coefficient (Wildman–Crippen LogP) is 2.27. The molecule has 0 radical (unpaired) electrons. The van der Waals surface area contributed by atoms with E-state index in [-0.39, 0.29) is 18.4 Å². The zero-order chi connectivity index (χ0) is 14.9. The van der Waals surface area contributed by atoms with E-state index in [4.69, 9.17) is 4.74 Å². The summed E-state index contributed by atoms with van der Waals surface area (Å²) in [5, 5.41) is 12.3. The third kappa shape index (κ3) is 2.60. The molecule has 1 amide bonds. The molecule has 21 heavy (non-hydrogen) atoms. The second kappa shape index (κ2) is 5.39. The number of fused-ring (bicyclic) bond motifs is 1. The van der Waals surface area contributed by atoms with E-state index in [9.17, 15) is 14.7 Å². The fourth-order valence-electron chi connectivity index (χ4n) is 3.35. The number of benzene rings is 1. The Kier molecular flexibility index (Phi) is 3.57. The molecule has 2 aliphatic rings. The van der Waals surface area contributed by atoms with Gasteiger partial charge in [0.2, 0.25) is 5.91 Å². The summed E-state index contributed by atoms with van der Waals surface area (Å²) in [6.45, 7) is 0.408. The number of carbonyl (C=O) groups is 2. The van der Waals surface area contributed by atoms with Gasteiger partial charge in [-0.3, -0.25) is 9.59 Å². The Morgan fingerprint density at radius 3 is 2.71 bits per heavy atom. The van der Waals surface area contributed by atoms with Crippen molar-refractivity contribution >= 4 is 11.9 Å². The van der Waals surface area contributed by atoms with Crippen molar-refractivity contribution in [2.75, 3.05) is 6.61 Å². The smallest absolute Gasteiger partial charge is 0.310 e. The van der Waals surface area contributed by atoms with Crippen molar-refractivity contribution in [3.05, 3.63) is 29.8 Å². The van der Waals surface area contributed by atoms with E-state index in [1.807, 2.05) is 24.3 Å². The van der Waals surface area contributed by atoms with Crippen LogP contribution < -0.4 is 10.1 Å². The molecule has 1 aliphatic carbocycles. The van der Waals surface area contributed by atoms with Crippen LogP contribution in [0.3, 0.4) is 0 Å². The van der Waals surface area contributed by atoms with Gasteiger partial charge in [0.15, 0.2) is 0 Å². The fraction of sp³-hybridized carbons (Fsp3) is 0.500. The Hall–Kier alpha value is -2.04. The van der Waals surface area contributed by atoms with Crippen LogP contribution in [0.25, 0.3) is 0 Å². The zero-order valence-electron chi connectivity index (χ0n) is 11.8. The van der Waals surface area contributed by atoms with Crippen LogP contribution in [0, 0.1) is 5.41 Å². The Balaban J connectivity index is 1.66. The monoisotopic (exact) mass is 289 g/mol. The molecule has 1 saturated carbocycles. The molecule has 1 aliphatic heterocycles. The average Bonchev–Trinajstić information content (AvgIpc) is 3.08. The topological polar surface area (TPSA) is 75.6 Å². The van der Waals surface area contributed by atoms with E-state index in [0.717, 1.165) is 24.2 Å². The molecule has 3 rings (SSSR count). The number of hydrogen-bond donors (Lipinski definition) is 2. The Morgan fingerprint density at radius 1 is 1.29 bits per heavy atom. The van der Waals surface area contributed by atoms with E-state index in [1.54, 1.807) is 0 Å². The van der Waals surface area contributed by atoms with Gasteiger partial charge in [0.05, 0.1) is 11.5 Å². The van der Waals surface area contributed by atoms with Gasteiger partial charge in [-0.25, -0.2) is 0 Å². The van der Waals surface area contributed by atoms with Gasteiger partial charge in [-0.15, -0.1) is 0 Å². The average molecular weight is 289 g/mol. The minimum atomic E-state index is -0.872. The van der Waals surface area contributed by atoms with Crippen molar-refractivity contribution in [2.45, 2.75) is 38.1 Å². The molecule has 112 valence electrons. The lowest BCUT2D eigenvalue weighted by Gasteiger charge is -2.23. The van der Waals surface area contributed by atoms with Crippen molar-refractivity contribution in [1.82, 2.24) is 5.32 Å². The van der Waals surface area contributed by atoms with Crippen LogP contribution in [0.4, 0.5) is 0 Å². The predicted molar refractivity (Wildman–Crippen MR) is 76.0 cm³/mol. The summed E-state index contributed by atoms with van der Waals surface area (Å²) in [4.78, 5) is 23.7. The first kappa shape index (κ1) is 13.9. The zero-order valence-corrected chi connectivity index (χ0v) is 11.8. The summed E-state index contributed by atoms with van der Waals surface area (Å²) in [7, 11) is 0. The van der Waals surface area contributed by atoms with E-state index >= 15 is 0 Å². The first-order valence-corrected chi connectivity index (χ1v) is 7.35. The summed E-state index contributed by atoms with van der Waals surface area (Å²) in [6.07, 6.45) is 3.01. The highest BCUT2D eigenvalue weighted by molar-refractivity contribution is 5.85. The normalized spacial score (nSPS) is 22.4. The summed E-state index contributed by atoms with van der Waals surface area (Å²) >= 11 is 0. The minimum absolute atomic E-state index is 0.0565. The van der Waals surface area contributed by atoms with Gasteiger partial charge in [0, 0.05) is 12.0 Å². The highest BCUT2D eigenvalue weighted by Crippen LogP contribution is 2.41. The quantitative estimate of drug-likeness (QED) is 0.891. The van der Waals surface area contributed by atoms with Crippen molar-refractivity contribution in [3.63, 3.8) is 0 Å². The number of nitrogens with one attached hydrogen (secondary N) is 1. The number of ether oxygens (including phenoxy) is 1. The van der Waals surface area contributed by atoms with Gasteiger partial charge in [-0.2, -0.15) is 0 Å². The number of rotatable bonds is 4. The van der Waals surface area contributed by atoms with E-state index in [2.05, 4.69) is 5.32 Å². The standard InChI is InChI=1S/C16H19NO4/c18-14(9-16(15(19)20)7-3-4-8-16)17-12-10-21-13-6-2-1-5-11(12)13/h1-2,5-6,12H,3-4,7-10H2,(H,17,18)(H,19,20). The van der Waals surface area contributed by atoms with Gasteiger partial charge in [0.25, 0.3) is 0 Å². The number of carboxylic acids is 1. The Labute approximate surface area is 123 Å². The minimum Gasteiger partial charge on any atom is -0.491 e. The first-order chi connectivity index (χ1) is 10.1. The van der Waals surface area contributed by atoms with Crippen LogP contribution in [0.2, 0.25) is 0 Å². The van der Waals surface area contributed by atoms with Crippen LogP contribution in [0.5, 0.6) is 5.75 Å². The molecule has 0 bridgehead atoms. The maximum Gasteiger partial charge on any atom is 0.310 e. The maximum absolute atomic E-state index is 12.2. The van der Waals surface area contributed by atoms with Crippen molar-refractivity contribution < 1.29 is 19.4 Å². The van der Waals surface area contributed by atoms with Gasteiger partial charge < -0.3 is 15.2 Å². The number of aliphatic carboxylic acids is 1. The lowest BCUT2D eigenvalue weighted by Crippen LogP contribution is -2.37. The number of carbonyl (C=O) groups excluding carboxylic acids is 1. The summed E-state index contributed by atoms with van der Waals surface area (Å²) in [5.74, 6) is -0.264. The van der Waals surface area contributed by atoms with Crippen molar-refractivity contribution in [3.8, 4) is 5.75 Å². The second-order valence-corrected chi connectivity index (χ2v) is 5.94. The van der Waals surface area contributed by atoms with Gasteiger partial charge in [0.1, 0.15) is 12.4 Å². The molecule has 2 N–H and O–H groups in total. The lowest BCUT2D eigenvalue weighted by atomic mass is 9.82. The number of carboxylic acid groups (broad SMARTS) is 1. The molecular weight excluding hydrogens is 270 g/mol. The number of hydrogen-bond acceptors (Lipinski definition) is 3. The molecule has 1 fully saturated rings. The molecule has 0 spiro atoms. The van der Waals surface area contributed by atoms with Gasteiger partial charge in [-0.05, 0) is 18.9 Å². The lowest BCUT2D eigenvalue weighted by molar-refractivity contribution is -0.151. The maximum atomic E-state index is 12.2. The van der Waals surface area contributed by atoms with Gasteiger partial charge >= 0.3 is 5.97 Å². The molecule has 1 unspecified atom stereocenters. The van der Waals surface area contributed by atoms with Crippen LogP contribution in [-0.4, -0.2) is 23.6 Å². The molecule has 5 heteroatoms. The molecule has 1 aromatic carbocycles. The Morgan fingerprint density at radius 2 is 2.00 bits per heavy atom.